The lowest BCUT2D eigenvalue weighted by atomic mass is 10.1. The highest BCUT2D eigenvalue weighted by atomic mass is 79.9. The molecule has 1 aromatic carbocycles. The minimum absolute atomic E-state index is 0.945. The number of nitrogens with zero attached hydrogens (tertiary/aromatic N) is 1. The zero-order valence-corrected chi connectivity index (χ0v) is 12.2. The molecule has 0 bridgehead atoms. The largest absolute Gasteiger partial charge is 0.372 e. The van der Waals surface area contributed by atoms with Gasteiger partial charge in [0, 0.05) is 24.1 Å². The second-order valence-electron chi connectivity index (χ2n) is 4.18. The first-order valence-corrected chi connectivity index (χ1v) is 7.25. The van der Waals surface area contributed by atoms with E-state index in [4.69, 9.17) is 0 Å². The first-order chi connectivity index (χ1) is 7.72. The van der Waals surface area contributed by atoms with Gasteiger partial charge in [0.25, 0.3) is 0 Å². The van der Waals surface area contributed by atoms with Crippen LogP contribution < -0.4 is 4.90 Å². The summed E-state index contributed by atoms with van der Waals surface area (Å²) < 4.78 is 0. The molecule has 0 saturated heterocycles. The van der Waals surface area contributed by atoms with Crippen LogP contribution in [-0.4, -0.2) is 13.1 Å². The smallest absolute Gasteiger partial charge is 0.0368 e. The maximum Gasteiger partial charge on any atom is 0.0368 e. The summed E-state index contributed by atoms with van der Waals surface area (Å²) in [5.74, 6) is 0. The van der Waals surface area contributed by atoms with E-state index in [2.05, 4.69) is 59.8 Å². The number of aryl methyl sites for hydroxylation is 1. The fourth-order valence-corrected chi connectivity index (χ4v) is 2.47. The molecule has 0 aliphatic heterocycles. The Hall–Kier alpha value is -0.500. The lowest BCUT2D eigenvalue weighted by molar-refractivity contribution is 0.732. The normalized spacial score (nSPS) is 10.5. The van der Waals surface area contributed by atoms with Crippen LogP contribution in [0, 0.1) is 6.92 Å². The lowest BCUT2D eigenvalue weighted by Crippen LogP contribution is -2.23. The minimum Gasteiger partial charge on any atom is -0.372 e. The Morgan fingerprint density at radius 3 is 2.50 bits per heavy atom. The summed E-state index contributed by atoms with van der Waals surface area (Å²) in [6.07, 6.45) is 2.53. The third kappa shape index (κ3) is 3.51. The summed E-state index contributed by atoms with van der Waals surface area (Å²) in [6.45, 7) is 8.91. The predicted molar refractivity (Wildman–Crippen MR) is 76.6 cm³/mol. The maximum absolute atomic E-state index is 3.52. The third-order valence-electron chi connectivity index (χ3n) is 3.00. The second kappa shape index (κ2) is 6.95. The fourth-order valence-electron chi connectivity index (χ4n) is 1.85. The number of unbranched alkanes of at least 4 members (excludes halogenated alkanes) is 1. The van der Waals surface area contributed by atoms with Crippen LogP contribution in [0.3, 0.4) is 0 Å². The Morgan fingerprint density at radius 1 is 1.25 bits per heavy atom. The number of rotatable bonds is 6. The van der Waals surface area contributed by atoms with E-state index in [9.17, 15) is 0 Å². The molecular weight excluding hydrogens is 262 g/mol. The van der Waals surface area contributed by atoms with Crippen molar-refractivity contribution < 1.29 is 0 Å². The number of anilines is 1. The average molecular weight is 284 g/mol. The molecule has 0 radical (unpaired) electrons. The van der Waals surface area contributed by atoms with Crippen LogP contribution in [0.2, 0.25) is 0 Å². The van der Waals surface area contributed by atoms with Crippen LogP contribution >= 0.6 is 15.9 Å². The second-order valence-corrected chi connectivity index (χ2v) is 4.74. The highest BCUT2D eigenvalue weighted by molar-refractivity contribution is 9.08. The maximum atomic E-state index is 3.52. The van der Waals surface area contributed by atoms with Crippen LogP contribution in [0.25, 0.3) is 0 Å². The van der Waals surface area contributed by atoms with E-state index in [0.717, 1.165) is 11.9 Å². The van der Waals surface area contributed by atoms with E-state index in [0.29, 0.717) is 0 Å². The van der Waals surface area contributed by atoms with Gasteiger partial charge in [-0.2, -0.15) is 0 Å². The molecule has 0 amide bonds. The summed E-state index contributed by atoms with van der Waals surface area (Å²) in [4.78, 5) is 2.45. The van der Waals surface area contributed by atoms with Gasteiger partial charge >= 0.3 is 0 Å². The van der Waals surface area contributed by atoms with Crippen molar-refractivity contribution in [2.75, 3.05) is 18.0 Å². The summed E-state index contributed by atoms with van der Waals surface area (Å²) in [7, 11) is 0. The first kappa shape index (κ1) is 13.6. The molecule has 0 unspecified atom stereocenters. The van der Waals surface area contributed by atoms with E-state index in [1.54, 1.807) is 0 Å². The molecule has 0 atom stereocenters. The number of benzene rings is 1. The van der Waals surface area contributed by atoms with Crippen molar-refractivity contribution in [1.82, 2.24) is 0 Å². The number of alkyl halides is 1. The average Bonchev–Trinajstić information content (AvgIpc) is 2.30. The predicted octanol–water partition coefficient (Wildman–Crippen LogP) is 4.52. The standard InChI is InChI=1S/C14H22BrN/c1-4-6-9-16(5-2)14-8-7-13(11-15)12(3)10-14/h7-8,10H,4-6,9,11H2,1-3H3. The van der Waals surface area contributed by atoms with Crippen molar-refractivity contribution in [2.24, 2.45) is 0 Å². The van der Waals surface area contributed by atoms with Gasteiger partial charge in [-0.05, 0) is 43.5 Å². The Kier molecular flexibility index (Phi) is 5.89. The van der Waals surface area contributed by atoms with E-state index in [1.165, 1.54) is 36.2 Å². The van der Waals surface area contributed by atoms with Gasteiger partial charge in [0.15, 0.2) is 0 Å². The zero-order valence-electron chi connectivity index (χ0n) is 10.6. The molecule has 16 heavy (non-hydrogen) atoms. The van der Waals surface area contributed by atoms with Crippen molar-refractivity contribution in [2.45, 2.75) is 38.9 Å². The molecule has 1 rings (SSSR count). The molecular formula is C14H22BrN. The fraction of sp³-hybridized carbons (Fsp3) is 0.571. The van der Waals surface area contributed by atoms with Crippen LogP contribution in [0.1, 0.15) is 37.8 Å². The van der Waals surface area contributed by atoms with Crippen molar-refractivity contribution in [3.8, 4) is 0 Å². The van der Waals surface area contributed by atoms with Gasteiger partial charge in [0.1, 0.15) is 0 Å². The lowest BCUT2D eigenvalue weighted by Gasteiger charge is -2.23. The topological polar surface area (TPSA) is 3.24 Å². The van der Waals surface area contributed by atoms with E-state index in [-0.39, 0.29) is 0 Å². The molecule has 90 valence electrons. The quantitative estimate of drug-likeness (QED) is 0.694. The molecule has 2 heteroatoms. The first-order valence-electron chi connectivity index (χ1n) is 6.13. The Labute approximate surface area is 108 Å². The third-order valence-corrected chi connectivity index (χ3v) is 3.60. The SMILES string of the molecule is CCCCN(CC)c1ccc(CBr)c(C)c1. The van der Waals surface area contributed by atoms with Crippen LogP contribution in [-0.2, 0) is 5.33 Å². The van der Waals surface area contributed by atoms with Crippen molar-refractivity contribution in [1.29, 1.82) is 0 Å². The summed E-state index contributed by atoms with van der Waals surface area (Å²) in [5, 5.41) is 0.945. The number of hydrogen-bond acceptors (Lipinski definition) is 1. The molecule has 0 saturated carbocycles. The molecule has 1 aromatic rings. The van der Waals surface area contributed by atoms with Gasteiger partial charge in [-0.1, -0.05) is 35.3 Å². The van der Waals surface area contributed by atoms with Crippen LogP contribution in [0.4, 0.5) is 5.69 Å². The molecule has 1 nitrogen and oxygen atoms in total. The van der Waals surface area contributed by atoms with Gasteiger partial charge < -0.3 is 4.90 Å². The van der Waals surface area contributed by atoms with Gasteiger partial charge in [-0.3, -0.25) is 0 Å². The van der Waals surface area contributed by atoms with Gasteiger partial charge in [0.05, 0.1) is 0 Å². The highest BCUT2D eigenvalue weighted by Gasteiger charge is 2.05. The van der Waals surface area contributed by atoms with E-state index >= 15 is 0 Å². The molecule has 0 fully saturated rings. The number of hydrogen-bond donors (Lipinski definition) is 0. The van der Waals surface area contributed by atoms with Gasteiger partial charge in [0.2, 0.25) is 0 Å². The number of halogens is 1. The Morgan fingerprint density at radius 2 is 2.00 bits per heavy atom. The van der Waals surface area contributed by atoms with Crippen molar-refractivity contribution >= 4 is 21.6 Å². The van der Waals surface area contributed by atoms with E-state index in [1.807, 2.05) is 0 Å². The monoisotopic (exact) mass is 283 g/mol. The van der Waals surface area contributed by atoms with Crippen molar-refractivity contribution in [3.05, 3.63) is 29.3 Å². The van der Waals surface area contributed by atoms with Crippen LogP contribution in [0.5, 0.6) is 0 Å². The summed E-state index contributed by atoms with van der Waals surface area (Å²) >= 11 is 3.52. The summed E-state index contributed by atoms with van der Waals surface area (Å²) in [5.41, 5.74) is 4.12. The molecule has 0 spiro atoms. The highest BCUT2D eigenvalue weighted by Crippen LogP contribution is 2.21. The molecule has 0 aromatic heterocycles. The molecule has 0 aliphatic rings. The zero-order chi connectivity index (χ0) is 12.0. The Balaban J connectivity index is 2.80. The summed E-state index contributed by atoms with van der Waals surface area (Å²) in [6, 6.07) is 6.77. The minimum atomic E-state index is 0.945. The molecule has 0 heterocycles. The van der Waals surface area contributed by atoms with Gasteiger partial charge in [-0.15, -0.1) is 0 Å². The molecule has 0 aliphatic carbocycles. The van der Waals surface area contributed by atoms with Crippen molar-refractivity contribution in [3.63, 3.8) is 0 Å². The Bertz CT molecular complexity index is 323. The molecule has 0 N–H and O–H groups in total. The van der Waals surface area contributed by atoms with E-state index < -0.39 is 0 Å². The van der Waals surface area contributed by atoms with Crippen LogP contribution in [0.15, 0.2) is 18.2 Å². The van der Waals surface area contributed by atoms with Gasteiger partial charge in [-0.25, -0.2) is 0 Å².